The highest BCUT2D eigenvalue weighted by atomic mass is 16.5. The summed E-state index contributed by atoms with van der Waals surface area (Å²) >= 11 is 0. The van der Waals surface area contributed by atoms with Crippen molar-refractivity contribution in [1.82, 2.24) is 10.3 Å². The summed E-state index contributed by atoms with van der Waals surface area (Å²) < 4.78 is 5.32. The molecule has 0 spiro atoms. The minimum atomic E-state index is -0.503. The van der Waals surface area contributed by atoms with Crippen LogP contribution in [0.25, 0.3) is 17.0 Å². The Hall–Kier alpha value is -4.65. The zero-order chi connectivity index (χ0) is 24.1. The van der Waals surface area contributed by atoms with E-state index in [1.807, 2.05) is 24.3 Å². The Morgan fingerprint density at radius 2 is 1.65 bits per heavy atom. The molecule has 0 bridgehead atoms. The Morgan fingerprint density at radius 1 is 0.912 bits per heavy atom. The van der Waals surface area contributed by atoms with Gasteiger partial charge in [0.1, 0.15) is 11.4 Å². The Bertz CT molecular complexity index is 1390. The fourth-order valence-electron chi connectivity index (χ4n) is 3.45. The molecule has 0 saturated carbocycles. The molecule has 0 aliphatic rings. The predicted octanol–water partition coefficient (Wildman–Crippen LogP) is 4.79. The van der Waals surface area contributed by atoms with Crippen LogP contribution in [0.15, 0.2) is 84.7 Å². The van der Waals surface area contributed by atoms with Gasteiger partial charge in [0.25, 0.3) is 11.8 Å². The first kappa shape index (κ1) is 22.5. The summed E-state index contributed by atoms with van der Waals surface area (Å²) in [7, 11) is 1.58. The van der Waals surface area contributed by atoms with Crippen LogP contribution in [0.2, 0.25) is 0 Å². The number of Topliss-reactive ketones (excluding diaryl/α,β-unsaturated/α-hetero) is 1. The van der Waals surface area contributed by atoms with E-state index in [2.05, 4.69) is 15.6 Å². The van der Waals surface area contributed by atoms with Gasteiger partial charge in [-0.05, 0) is 67.6 Å². The van der Waals surface area contributed by atoms with Gasteiger partial charge >= 0.3 is 0 Å². The molecule has 0 radical (unpaired) electrons. The highest BCUT2D eigenvalue weighted by Crippen LogP contribution is 2.25. The van der Waals surface area contributed by atoms with Crippen LogP contribution in [0.1, 0.15) is 33.2 Å². The SMILES string of the molecule is COc1ccc2[nH]cc(/C=C(\NC(=O)c3ccccc3)C(=O)Nc3ccc(C(C)=O)cc3)c2c1. The molecule has 1 aromatic heterocycles. The number of benzene rings is 3. The van der Waals surface area contributed by atoms with E-state index in [1.54, 1.807) is 67.9 Å². The Balaban J connectivity index is 1.68. The van der Waals surface area contributed by atoms with E-state index in [1.165, 1.54) is 6.92 Å². The van der Waals surface area contributed by atoms with Crippen molar-refractivity contribution in [3.63, 3.8) is 0 Å². The summed E-state index contributed by atoms with van der Waals surface area (Å²) in [6.45, 7) is 1.48. The molecule has 7 heteroatoms. The number of ether oxygens (including phenoxy) is 1. The second-order valence-electron chi connectivity index (χ2n) is 7.62. The van der Waals surface area contributed by atoms with Crippen molar-refractivity contribution in [2.24, 2.45) is 0 Å². The van der Waals surface area contributed by atoms with Crippen LogP contribution in [-0.4, -0.2) is 29.7 Å². The van der Waals surface area contributed by atoms with E-state index in [-0.39, 0.29) is 11.5 Å². The third kappa shape index (κ3) is 5.05. The van der Waals surface area contributed by atoms with E-state index in [9.17, 15) is 14.4 Å². The summed E-state index contributed by atoms with van der Waals surface area (Å²) in [5, 5.41) is 6.34. The molecule has 3 N–H and O–H groups in total. The molecule has 0 saturated heterocycles. The number of carbonyl (C=O) groups excluding carboxylic acids is 3. The first-order valence-corrected chi connectivity index (χ1v) is 10.6. The number of methoxy groups -OCH3 is 1. The summed E-state index contributed by atoms with van der Waals surface area (Å²) in [6.07, 6.45) is 3.37. The van der Waals surface area contributed by atoms with Crippen LogP contribution in [0, 0.1) is 0 Å². The van der Waals surface area contributed by atoms with Crippen LogP contribution in [0.3, 0.4) is 0 Å². The fourth-order valence-corrected chi connectivity index (χ4v) is 3.45. The number of hydrogen-bond acceptors (Lipinski definition) is 4. The quantitative estimate of drug-likeness (QED) is 0.277. The number of aromatic nitrogens is 1. The summed E-state index contributed by atoms with van der Waals surface area (Å²) in [5.41, 5.74) is 3.09. The van der Waals surface area contributed by atoms with Crippen LogP contribution in [0.5, 0.6) is 5.75 Å². The number of H-pyrrole nitrogens is 1. The number of amides is 2. The van der Waals surface area contributed by atoms with Gasteiger partial charge in [0, 0.05) is 39.5 Å². The number of rotatable bonds is 7. The van der Waals surface area contributed by atoms with Crippen molar-refractivity contribution < 1.29 is 19.1 Å². The second-order valence-corrected chi connectivity index (χ2v) is 7.62. The van der Waals surface area contributed by atoms with Crippen LogP contribution in [0.4, 0.5) is 5.69 Å². The number of anilines is 1. The van der Waals surface area contributed by atoms with Crippen molar-refractivity contribution in [2.45, 2.75) is 6.92 Å². The second kappa shape index (κ2) is 9.87. The molecule has 0 atom stereocenters. The lowest BCUT2D eigenvalue weighted by molar-refractivity contribution is -0.113. The number of nitrogens with one attached hydrogen (secondary N) is 3. The molecule has 3 aromatic carbocycles. The fraction of sp³-hybridized carbons (Fsp3) is 0.0741. The van der Waals surface area contributed by atoms with E-state index in [0.717, 1.165) is 10.9 Å². The molecular weight excluding hydrogens is 430 g/mol. The maximum absolute atomic E-state index is 13.2. The molecule has 0 aliphatic heterocycles. The third-order valence-electron chi connectivity index (χ3n) is 5.30. The molecule has 0 fully saturated rings. The summed E-state index contributed by atoms with van der Waals surface area (Å²) in [5.74, 6) is -0.307. The molecule has 1 heterocycles. The number of ketones is 1. The first-order valence-electron chi connectivity index (χ1n) is 10.6. The minimum absolute atomic E-state index is 0.0632. The number of hydrogen-bond donors (Lipinski definition) is 3. The molecule has 4 aromatic rings. The number of aromatic amines is 1. The highest BCUT2D eigenvalue weighted by molar-refractivity contribution is 6.11. The summed E-state index contributed by atoms with van der Waals surface area (Å²) in [6, 6.07) is 20.8. The molecular formula is C27H23N3O4. The lowest BCUT2D eigenvalue weighted by Crippen LogP contribution is -2.30. The normalized spacial score (nSPS) is 11.2. The Morgan fingerprint density at radius 3 is 2.32 bits per heavy atom. The van der Waals surface area contributed by atoms with Gasteiger partial charge < -0.3 is 20.4 Å². The topological polar surface area (TPSA) is 100 Å². The molecule has 34 heavy (non-hydrogen) atoms. The van der Waals surface area contributed by atoms with E-state index >= 15 is 0 Å². The average Bonchev–Trinajstić information content (AvgIpc) is 3.26. The van der Waals surface area contributed by atoms with E-state index in [4.69, 9.17) is 4.74 Å². The first-order chi connectivity index (χ1) is 16.4. The van der Waals surface area contributed by atoms with Gasteiger partial charge in [0.2, 0.25) is 0 Å². The zero-order valence-electron chi connectivity index (χ0n) is 18.7. The van der Waals surface area contributed by atoms with Gasteiger partial charge in [-0.1, -0.05) is 18.2 Å². The van der Waals surface area contributed by atoms with Crippen molar-refractivity contribution in [2.75, 3.05) is 12.4 Å². The minimum Gasteiger partial charge on any atom is -0.497 e. The largest absolute Gasteiger partial charge is 0.497 e. The number of carbonyl (C=O) groups is 3. The Kier molecular flexibility index (Phi) is 6.54. The van der Waals surface area contributed by atoms with Gasteiger partial charge in [-0.2, -0.15) is 0 Å². The smallest absolute Gasteiger partial charge is 0.272 e. The van der Waals surface area contributed by atoms with Crippen LogP contribution in [-0.2, 0) is 4.79 Å². The Labute approximate surface area is 196 Å². The van der Waals surface area contributed by atoms with Gasteiger partial charge in [-0.15, -0.1) is 0 Å². The van der Waals surface area contributed by atoms with Crippen molar-refractivity contribution in [3.05, 3.63) is 101 Å². The van der Waals surface area contributed by atoms with Gasteiger partial charge in [-0.25, -0.2) is 0 Å². The van der Waals surface area contributed by atoms with Crippen molar-refractivity contribution >= 4 is 40.3 Å². The maximum atomic E-state index is 13.2. The maximum Gasteiger partial charge on any atom is 0.272 e. The van der Waals surface area contributed by atoms with Crippen molar-refractivity contribution in [1.29, 1.82) is 0 Å². The monoisotopic (exact) mass is 453 g/mol. The number of fused-ring (bicyclic) bond motifs is 1. The average molecular weight is 453 g/mol. The van der Waals surface area contributed by atoms with Gasteiger partial charge in [0.15, 0.2) is 5.78 Å². The van der Waals surface area contributed by atoms with Gasteiger partial charge in [0.05, 0.1) is 7.11 Å². The van der Waals surface area contributed by atoms with E-state index < -0.39 is 11.8 Å². The lowest BCUT2D eigenvalue weighted by atomic mass is 10.1. The van der Waals surface area contributed by atoms with E-state index in [0.29, 0.717) is 28.1 Å². The highest BCUT2D eigenvalue weighted by Gasteiger charge is 2.16. The molecule has 7 nitrogen and oxygen atoms in total. The molecule has 0 aliphatic carbocycles. The van der Waals surface area contributed by atoms with Crippen LogP contribution < -0.4 is 15.4 Å². The van der Waals surface area contributed by atoms with Crippen molar-refractivity contribution in [3.8, 4) is 5.75 Å². The third-order valence-corrected chi connectivity index (χ3v) is 5.30. The molecule has 170 valence electrons. The molecule has 2 amide bonds. The standard InChI is InChI=1S/C27H23N3O4/c1-17(31)18-8-10-21(11-9-18)29-27(33)25(30-26(32)19-6-4-3-5-7-19)14-20-16-28-24-13-12-22(34-2)15-23(20)24/h3-16,28H,1-2H3,(H,29,33)(H,30,32)/b25-14-. The van der Waals surface area contributed by atoms with Crippen LogP contribution >= 0.6 is 0 Å². The zero-order valence-corrected chi connectivity index (χ0v) is 18.7. The lowest BCUT2D eigenvalue weighted by Gasteiger charge is -2.11. The predicted molar refractivity (Wildman–Crippen MR) is 132 cm³/mol. The summed E-state index contributed by atoms with van der Waals surface area (Å²) in [4.78, 5) is 40.7. The van der Waals surface area contributed by atoms with Gasteiger partial charge in [-0.3, -0.25) is 14.4 Å². The molecule has 4 rings (SSSR count). The molecule has 0 unspecified atom stereocenters.